The van der Waals surface area contributed by atoms with Crippen LogP contribution < -0.4 is 5.32 Å². The van der Waals surface area contributed by atoms with Crippen molar-refractivity contribution in [2.45, 2.75) is 25.3 Å². The van der Waals surface area contributed by atoms with E-state index in [4.69, 9.17) is 4.74 Å². The molecule has 1 fully saturated rings. The largest absolute Gasteiger partial charge is 0.381 e. The molecule has 0 radical (unpaired) electrons. The Labute approximate surface area is 97.6 Å². The molecule has 0 amide bonds. The third-order valence-electron chi connectivity index (χ3n) is 2.42. The molecular formula is C10H14BrN3O. The lowest BCUT2D eigenvalue weighted by Crippen LogP contribution is -2.20. The van der Waals surface area contributed by atoms with Crippen LogP contribution in [-0.4, -0.2) is 29.2 Å². The molecule has 1 aromatic rings. The SMILES string of the molecule is Brc1cnc(NC2CCCOCC2)cn1. The molecule has 15 heavy (non-hydrogen) atoms. The highest BCUT2D eigenvalue weighted by Gasteiger charge is 2.12. The van der Waals surface area contributed by atoms with Gasteiger partial charge in [0, 0.05) is 19.3 Å². The van der Waals surface area contributed by atoms with Crippen LogP contribution in [0.4, 0.5) is 5.82 Å². The Hall–Kier alpha value is -0.680. The molecule has 1 aliphatic rings. The Balaban J connectivity index is 1.92. The zero-order valence-corrected chi connectivity index (χ0v) is 10.0. The fourth-order valence-corrected chi connectivity index (χ4v) is 1.85. The van der Waals surface area contributed by atoms with Crippen molar-refractivity contribution in [1.29, 1.82) is 0 Å². The Morgan fingerprint density at radius 3 is 3.00 bits per heavy atom. The van der Waals surface area contributed by atoms with Crippen LogP contribution in [0.5, 0.6) is 0 Å². The number of nitrogens with zero attached hydrogens (tertiary/aromatic N) is 2. The minimum Gasteiger partial charge on any atom is -0.381 e. The standard InChI is InChI=1S/C10H14BrN3O/c11-9-6-13-10(7-12-9)14-8-2-1-4-15-5-3-8/h6-8H,1-5H2,(H,13,14). The van der Waals surface area contributed by atoms with E-state index in [9.17, 15) is 0 Å². The Kier molecular flexibility index (Phi) is 3.91. The van der Waals surface area contributed by atoms with Crippen molar-refractivity contribution in [2.24, 2.45) is 0 Å². The van der Waals surface area contributed by atoms with Gasteiger partial charge >= 0.3 is 0 Å². The molecule has 0 spiro atoms. The van der Waals surface area contributed by atoms with Crippen LogP contribution in [0.1, 0.15) is 19.3 Å². The molecule has 1 saturated heterocycles. The first-order valence-corrected chi connectivity index (χ1v) is 5.96. The molecule has 1 atom stereocenters. The van der Waals surface area contributed by atoms with Gasteiger partial charge < -0.3 is 10.1 Å². The number of halogens is 1. The van der Waals surface area contributed by atoms with E-state index in [2.05, 4.69) is 31.2 Å². The fraction of sp³-hybridized carbons (Fsp3) is 0.600. The molecule has 1 aliphatic heterocycles. The van der Waals surface area contributed by atoms with E-state index < -0.39 is 0 Å². The van der Waals surface area contributed by atoms with Crippen LogP contribution in [0.25, 0.3) is 0 Å². The van der Waals surface area contributed by atoms with Crippen LogP contribution >= 0.6 is 15.9 Å². The maximum absolute atomic E-state index is 5.40. The summed E-state index contributed by atoms with van der Waals surface area (Å²) < 4.78 is 6.16. The molecule has 82 valence electrons. The first-order chi connectivity index (χ1) is 7.34. The summed E-state index contributed by atoms with van der Waals surface area (Å²) in [6.45, 7) is 1.71. The first-order valence-electron chi connectivity index (χ1n) is 5.16. The van der Waals surface area contributed by atoms with E-state index in [0.29, 0.717) is 6.04 Å². The molecule has 2 heterocycles. The number of anilines is 1. The van der Waals surface area contributed by atoms with E-state index in [0.717, 1.165) is 42.9 Å². The van der Waals surface area contributed by atoms with Gasteiger partial charge in [-0.15, -0.1) is 0 Å². The smallest absolute Gasteiger partial charge is 0.144 e. The van der Waals surface area contributed by atoms with Crippen molar-refractivity contribution in [1.82, 2.24) is 9.97 Å². The van der Waals surface area contributed by atoms with Crippen molar-refractivity contribution in [3.8, 4) is 0 Å². The lowest BCUT2D eigenvalue weighted by molar-refractivity contribution is 0.144. The summed E-state index contributed by atoms with van der Waals surface area (Å²) in [5.41, 5.74) is 0. The summed E-state index contributed by atoms with van der Waals surface area (Å²) in [4.78, 5) is 8.37. The van der Waals surface area contributed by atoms with Crippen LogP contribution in [0.2, 0.25) is 0 Å². The molecule has 1 unspecified atom stereocenters. The summed E-state index contributed by atoms with van der Waals surface area (Å²) >= 11 is 3.26. The van der Waals surface area contributed by atoms with Gasteiger partial charge in [-0.1, -0.05) is 0 Å². The zero-order valence-electron chi connectivity index (χ0n) is 8.45. The highest BCUT2D eigenvalue weighted by molar-refractivity contribution is 9.10. The van der Waals surface area contributed by atoms with Gasteiger partial charge in [-0.25, -0.2) is 9.97 Å². The van der Waals surface area contributed by atoms with Gasteiger partial charge in [0.15, 0.2) is 0 Å². The lowest BCUT2D eigenvalue weighted by Gasteiger charge is -2.15. The van der Waals surface area contributed by atoms with E-state index >= 15 is 0 Å². The maximum atomic E-state index is 5.40. The second-order valence-electron chi connectivity index (χ2n) is 3.61. The summed E-state index contributed by atoms with van der Waals surface area (Å²) in [5, 5.41) is 3.37. The van der Waals surface area contributed by atoms with Crippen LogP contribution in [0.15, 0.2) is 17.0 Å². The summed E-state index contributed by atoms with van der Waals surface area (Å²) in [6, 6.07) is 0.461. The Morgan fingerprint density at radius 2 is 2.20 bits per heavy atom. The number of ether oxygens (including phenoxy) is 1. The predicted molar refractivity (Wildman–Crippen MR) is 61.8 cm³/mol. The second kappa shape index (κ2) is 5.42. The van der Waals surface area contributed by atoms with E-state index in [1.165, 1.54) is 0 Å². The van der Waals surface area contributed by atoms with Crippen LogP contribution in [0, 0.1) is 0 Å². The lowest BCUT2D eigenvalue weighted by atomic mass is 10.1. The van der Waals surface area contributed by atoms with Gasteiger partial charge in [0.25, 0.3) is 0 Å². The third-order valence-corrected chi connectivity index (χ3v) is 2.83. The highest BCUT2D eigenvalue weighted by atomic mass is 79.9. The molecule has 1 N–H and O–H groups in total. The van der Waals surface area contributed by atoms with Gasteiger partial charge in [-0.3, -0.25) is 0 Å². The van der Waals surface area contributed by atoms with Gasteiger partial charge in [0.05, 0.1) is 12.4 Å². The second-order valence-corrected chi connectivity index (χ2v) is 4.42. The number of rotatable bonds is 2. The average molecular weight is 272 g/mol. The fourth-order valence-electron chi connectivity index (χ4n) is 1.64. The van der Waals surface area contributed by atoms with E-state index in [1.54, 1.807) is 12.4 Å². The first kappa shape index (κ1) is 10.8. The monoisotopic (exact) mass is 271 g/mol. The maximum Gasteiger partial charge on any atom is 0.144 e. The topological polar surface area (TPSA) is 47.0 Å². The Bertz CT molecular complexity index is 296. The zero-order chi connectivity index (χ0) is 10.5. The van der Waals surface area contributed by atoms with Gasteiger partial charge in [-0.05, 0) is 35.2 Å². The molecular weight excluding hydrogens is 258 g/mol. The van der Waals surface area contributed by atoms with Crippen LogP contribution in [-0.2, 0) is 4.74 Å². The normalized spacial score (nSPS) is 22.1. The van der Waals surface area contributed by atoms with Crippen LogP contribution in [0.3, 0.4) is 0 Å². The molecule has 5 heteroatoms. The summed E-state index contributed by atoms with van der Waals surface area (Å²) in [5.74, 6) is 0.838. The van der Waals surface area contributed by atoms with Crippen molar-refractivity contribution in [2.75, 3.05) is 18.5 Å². The Morgan fingerprint density at radius 1 is 1.27 bits per heavy atom. The predicted octanol–water partition coefficient (Wildman–Crippen LogP) is 2.22. The van der Waals surface area contributed by atoms with Gasteiger partial charge in [0.1, 0.15) is 10.4 Å². The van der Waals surface area contributed by atoms with E-state index in [-0.39, 0.29) is 0 Å². The number of nitrogens with one attached hydrogen (secondary N) is 1. The van der Waals surface area contributed by atoms with E-state index in [1.807, 2.05) is 0 Å². The molecule has 0 aliphatic carbocycles. The molecule has 0 aromatic carbocycles. The van der Waals surface area contributed by atoms with Crippen molar-refractivity contribution >= 4 is 21.7 Å². The van der Waals surface area contributed by atoms with Gasteiger partial charge in [0.2, 0.25) is 0 Å². The number of hydrogen-bond acceptors (Lipinski definition) is 4. The number of hydrogen-bond donors (Lipinski definition) is 1. The molecule has 1 aromatic heterocycles. The van der Waals surface area contributed by atoms with Crippen molar-refractivity contribution < 1.29 is 4.74 Å². The average Bonchev–Trinajstić information content (AvgIpc) is 2.50. The number of aromatic nitrogens is 2. The third kappa shape index (κ3) is 3.43. The minimum absolute atomic E-state index is 0.461. The van der Waals surface area contributed by atoms with Gasteiger partial charge in [-0.2, -0.15) is 0 Å². The molecule has 2 rings (SSSR count). The van der Waals surface area contributed by atoms with Crippen molar-refractivity contribution in [3.05, 3.63) is 17.0 Å². The minimum atomic E-state index is 0.461. The highest BCUT2D eigenvalue weighted by Crippen LogP contribution is 2.14. The van der Waals surface area contributed by atoms with Crippen molar-refractivity contribution in [3.63, 3.8) is 0 Å². The summed E-state index contributed by atoms with van der Waals surface area (Å²) in [7, 11) is 0. The quantitative estimate of drug-likeness (QED) is 0.896. The molecule has 0 bridgehead atoms. The molecule has 4 nitrogen and oxygen atoms in total. The molecule has 0 saturated carbocycles. The summed E-state index contributed by atoms with van der Waals surface area (Å²) in [6.07, 6.45) is 6.74.